The molecule has 66 valence electrons. The van der Waals surface area contributed by atoms with Crippen LogP contribution < -0.4 is 5.32 Å². The smallest absolute Gasteiger partial charge is 0.0968 e. The topological polar surface area (TPSA) is 15.3 Å². The van der Waals surface area contributed by atoms with Crippen LogP contribution in [0.5, 0.6) is 0 Å². The van der Waals surface area contributed by atoms with Crippen molar-refractivity contribution in [1.29, 1.82) is 0 Å². The van der Waals surface area contributed by atoms with Gasteiger partial charge in [-0.3, -0.25) is 0 Å². The lowest BCUT2D eigenvalue weighted by molar-refractivity contribution is 0.354. The van der Waals surface area contributed by atoms with Gasteiger partial charge in [-0.15, -0.1) is 0 Å². The predicted molar refractivity (Wildman–Crippen MR) is 50.4 cm³/mol. The van der Waals surface area contributed by atoms with Crippen molar-refractivity contribution < 1.29 is 0 Å². The lowest BCUT2D eigenvalue weighted by Crippen LogP contribution is -2.31. The van der Waals surface area contributed by atoms with Crippen LogP contribution >= 0.6 is 0 Å². The molecular formula is C9H20N2. The fourth-order valence-electron chi connectivity index (χ4n) is 1.14. The van der Waals surface area contributed by atoms with Gasteiger partial charge in [0.2, 0.25) is 0 Å². The lowest BCUT2D eigenvalue weighted by Gasteiger charge is -2.24. The standard InChI is InChI=1S/C9H20N2/c1-5-9(10-6-2)11(7-3)8-4/h5,10H,6-8H2,1-4H3. The largest absolute Gasteiger partial charge is 0.372 e. The molecule has 0 aromatic heterocycles. The number of hydrogen-bond acceptors (Lipinski definition) is 2. The van der Waals surface area contributed by atoms with Crippen LogP contribution in [0.3, 0.4) is 0 Å². The molecule has 1 N–H and O–H groups in total. The van der Waals surface area contributed by atoms with Crippen LogP contribution in [0.25, 0.3) is 0 Å². The Bertz CT molecular complexity index is 115. The number of nitrogens with zero attached hydrogens (tertiary/aromatic N) is 1. The third-order valence-corrected chi connectivity index (χ3v) is 1.74. The highest BCUT2D eigenvalue weighted by atomic mass is 15.2. The first-order valence-electron chi connectivity index (χ1n) is 4.45. The minimum absolute atomic E-state index is 0.996. The average Bonchev–Trinajstić information content (AvgIpc) is 2.05. The van der Waals surface area contributed by atoms with E-state index in [2.05, 4.69) is 44.0 Å². The first kappa shape index (κ1) is 10.3. The summed E-state index contributed by atoms with van der Waals surface area (Å²) >= 11 is 0. The second kappa shape index (κ2) is 6.08. The zero-order chi connectivity index (χ0) is 8.69. The molecule has 0 saturated heterocycles. The molecule has 0 aromatic rings. The molecule has 11 heavy (non-hydrogen) atoms. The van der Waals surface area contributed by atoms with E-state index in [-0.39, 0.29) is 0 Å². The van der Waals surface area contributed by atoms with E-state index in [0.29, 0.717) is 0 Å². The van der Waals surface area contributed by atoms with Gasteiger partial charge >= 0.3 is 0 Å². The quantitative estimate of drug-likeness (QED) is 0.653. The number of nitrogens with one attached hydrogen (secondary N) is 1. The molecule has 0 aliphatic heterocycles. The third-order valence-electron chi connectivity index (χ3n) is 1.74. The van der Waals surface area contributed by atoms with E-state index in [0.717, 1.165) is 19.6 Å². The normalized spacial score (nSPS) is 11.5. The number of allylic oxidation sites excluding steroid dienone is 1. The van der Waals surface area contributed by atoms with Gasteiger partial charge in [0.15, 0.2) is 0 Å². The van der Waals surface area contributed by atoms with Gasteiger partial charge < -0.3 is 10.2 Å². The van der Waals surface area contributed by atoms with E-state index in [1.54, 1.807) is 0 Å². The van der Waals surface area contributed by atoms with Crippen molar-refractivity contribution in [2.75, 3.05) is 19.6 Å². The van der Waals surface area contributed by atoms with Gasteiger partial charge in [-0.2, -0.15) is 0 Å². The van der Waals surface area contributed by atoms with Crippen molar-refractivity contribution in [3.8, 4) is 0 Å². The van der Waals surface area contributed by atoms with E-state index in [1.807, 2.05) is 0 Å². The summed E-state index contributed by atoms with van der Waals surface area (Å²) in [5.74, 6) is 1.25. The Kier molecular flexibility index (Phi) is 5.71. The molecule has 0 saturated carbocycles. The maximum absolute atomic E-state index is 3.32. The molecule has 2 heteroatoms. The lowest BCUT2D eigenvalue weighted by atomic mass is 10.4. The van der Waals surface area contributed by atoms with Crippen LogP contribution in [0.1, 0.15) is 27.7 Å². The zero-order valence-corrected chi connectivity index (χ0v) is 8.15. The predicted octanol–water partition coefficient (Wildman–Crippen LogP) is 1.80. The van der Waals surface area contributed by atoms with Crippen molar-refractivity contribution in [1.82, 2.24) is 10.2 Å². The molecule has 0 unspecified atom stereocenters. The summed E-state index contributed by atoms with van der Waals surface area (Å²) in [6.07, 6.45) is 2.12. The summed E-state index contributed by atoms with van der Waals surface area (Å²) < 4.78 is 0. The van der Waals surface area contributed by atoms with Crippen LogP contribution in [-0.4, -0.2) is 24.5 Å². The molecule has 0 aliphatic rings. The molecule has 0 aliphatic carbocycles. The van der Waals surface area contributed by atoms with Crippen molar-refractivity contribution in [2.24, 2.45) is 0 Å². The van der Waals surface area contributed by atoms with Crippen LogP contribution in [-0.2, 0) is 0 Å². The molecule has 0 heterocycles. The van der Waals surface area contributed by atoms with E-state index in [1.165, 1.54) is 5.82 Å². The summed E-state index contributed by atoms with van der Waals surface area (Å²) in [5.41, 5.74) is 0. The molecule has 0 spiro atoms. The highest BCUT2D eigenvalue weighted by Crippen LogP contribution is 1.98. The van der Waals surface area contributed by atoms with Crippen LogP contribution in [0.2, 0.25) is 0 Å². The van der Waals surface area contributed by atoms with Gasteiger partial charge in [-0.25, -0.2) is 0 Å². The van der Waals surface area contributed by atoms with Crippen LogP contribution in [0.4, 0.5) is 0 Å². The van der Waals surface area contributed by atoms with E-state index >= 15 is 0 Å². The van der Waals surface area contributed by atoms with E-state index in [4.69, 9.17) is 0 Å². The molecule has 0 radical (unpaired) electrons. The summed E-state index contributed by atoms with van der Waals surface area (Å²) in [4.78, 5) is 2.31. The van der Waals surface area contributed by atoms with Gasteiger partial charge in [0.05, 0.1) is 5.82 Å². The van der Waals surface area contributed by atoms with Gasteiger partial charge in [0.1, 0.15) is 0 Å². The van der Waals surface area contributed by atoms with Crippen LogP contribution in [0.15, 0.2) is 11.9 Å². The van der Waals surface area contributed by atoms with Crippen molar-refractivity contribution >= 4 is 0 Å². The Morgan fingerprint density at radius 2 is 1.82 bits per heavy atom. The Morgan fingerprint density at radius 3 is 2.09 bits per heavy atom. The molecule has 0 aromatic carbocycles. The molecule has 0 rings (SSSR count). The van der Waals surface area contributed by atoms with E-state index in [9.17, 15) is 0 Å². The van der Waals surface area contributed by atoms with Gasteiger partial charge in [-0.1, -0.05) is 0 Å². The van der Waals surface area contributed by atoms with Crippen LogP contribution in [0, 0.1) is 0 Å². The summed E-state index contributed by atoms with van der Waals surface area (Å²) in [6.45, 7) is 11.7. The average molecular weight is 156 g/mol. The summed E-state index contributed by atoms with van der Waals surface area (Å²) in [7, 11) is 0. The second-order valence-corrected chi connectivity index (χ2v) is 2.38. The van der Waals surface area contributed by atoms with Gasteiger partial charge in [0.25, 0.3) is 0 Å². The first-order chi connectivity index (χ1) is 5.29. The molecule has 0 bridgehead atoms. The monoisotopic (exact) mass is 156 g/mol. The zero-order valence-electron chi connectivity index (χ0n) is 8.15. The van der Waals surface area contributed by atoms with E-state index < -0.39 is 0 Å². The third kappa shape index (κ3) is 3.30. The highest BCUT2D eigenvalue weighted by molar-refractivity contribution is 4.96. The van der Waals surface area contributed by atoms with Crippen molar-refractivity contribution in [3.63, 3.8) is 0 Å². The van der Waals surface area contributed by atoms with Gasteiger partial charge in [-0.05, 0) is 33.8 Å². The second-order valence-electron chi connectivity index (χ2n) is 2.38. The number of rotatable bonds is 5. The fraction of sp³-hybridized carbons (Fsp3) is 0.778. The molecule has 2 nitrogen and oxygen atoms in total. The number of hydrogen-bond donors (Lipinski definition) is 1. The Labute approximate surface area is 70.3 Å². The van der Waals surface area contributed by atoms with Gasteiger partial charge in [0, 0.05) is 19.6 Å². The van der Waals surface area contributed by atoms with Crippen molar-refractivity contribution in [2.45, 2.75) is 27.7 Å². The molecule has 0 atom stereocenters. The fourth-order valence-corrected chi connectivity index (χ4v) is 1.14. The Hall–Kier alpha value is -0.660. The van der Waals surface area contributed by atoms with Crippen molar-refractivity contribution in [3.05, 3.63) is 11.9 Å². The summed E-state index contributed by atoms with van der Waals surface area (Å²) in [6, 6.07) is 0. The molecule has 0 amide bonds. The summed E-state index contributed by atoms with van der Waals surface area (Å²) in [5, 5.41) is 3.32. The minimum Gasteiger partial charge on any atom is -0.372 e. The Balaban J connectivity index is 3.99. The first-order valence-corrected chi connectivity index (χ1v) is 4.45. The maximum atomic E-state index is 3.32. The SMILES string of the molecule is CC=C(NCC)N(CC)CC. The molecule has 0 fully saturated rings. The molecular weight excluding hydrogens is 136 g/mol. The maximum Gasteiger partial charge on any atom is 0.0968 e. The highest BCUT2D eigenvalue weighted by Gasteiger charge is 2.00. The Morgan fingerprint density at radius 1 is 1.27 bits per heavy atom. The minimum atomic E-state index is 0.996.